The number of hydrogen-bond acceptors (Lipinski definition) is 4. The Morgan fingerprint density at radius 2 is 2.12 bits per heavy atom. The van der Waals surface area contributed by atoms with Crippen LogP contribution in [0.3, 0.4) is 0 Å². The minimum Gasteiger partial charge on any atom is -0.486 e. The predicted molar refractivity (Wildman–Crippen MR) is 60.6 cm³/mol. The summed E-state index contributed by atoms with van der Waals surface area (Å²) in [6.45, 7) is 3.42. The second-order valence-corrected chi connectivity index (χ2v) is 4.03. The van der Waals surface area contributed by atoms with Crippen molar-refractivity contribution in [2.75, 3.05) is 19.8 Å². The molecule has 0 aromatic heterocycles. The Bertz CT molecular complexity index is 367. The van der Waals surface area contributed by atoms with Crippen molar-refractivity contribution < 1.29 is 14.6 Å². The third kappa shape index (κ3) is 1.99. The maximum absolute atomic E-state index is 10.1. The topological polar surface area (TPSA) is 64.7 Å². The van der Waals surface area contributed by atoms with Gasteiger partial charge in [-0.15, -0.1) is 0 Å². The lowest BCUT2D eigenvalue weighted by atomic mass is 9.96. The average molecular weight is 223 g/mol. The molecule has 1 aliphatic heterocycles. The minimum atomic E-state index is -0.610. The maximum atomic E-state index is 10.1. The average Bonchev–Trinajstić information content (AvgIpc) is 2.36. The van der Waals surface area contributed by atoms with Gasteiger partial charge in [0.2, 0.25) is 0 Å². The SMILES string of the molecule is CC(CN)C(O)c1cccc2c1OCCO2. The molecule has 2 unspecified atom stereocenters. The van der Waals surface area contributed by atoms with Crippen LogP contribution in [-0.2, 0) is 0 Å². The van der Waals surface area contributed by atoms with Crippen molar-refractivity contribution >= 4 is 0 Å². The van der Waals surface area contributed by atoms with Gasteiger partial charge >= 0.3 is 0 Å². The van der Waals surface area contributed by atoms with Gasteiger partial charge in [-0.2, -0.15) is 0 Å². The van der Waals surface area contributed by atoms with E-state index in [1.807, 2.05) is 25.1 Å². The van der Waals surface area contributed by atoms with Gasteiger partial charge in [-0.25, -0.2) is 0 Å². The fourth-order valence-corrected chi connectivity index (χ4v) is 1.76. The second kappa shape index (κ2) is 4.72. The summed E-state index contributed by atoms with van der Waals surface area (Å²) in [7, 11) is 0. The molecule has 1 aromatic carbocycles. The number of ether oxygens (including phenoxy) is 2. The number of aliphatic hydroxyl groups excluding tert-OH is 1. The van der Waals surface area contributed by atoms with Gasteiger partial charge in [0.25, 0.3) is 0 Å². The predicted octanol–water partition coefficient (Wildman–Crippen LogP) is 1.09. The largest absolute Gasteiger partial charge is 0.486 e. The van der Waals surface area contributed by atoms with Crippen molar-refractivity contribution in [3.63, 3.8) is 0 Å². The van der Waals surface area contributed by atoms with Gasteiger partial charge in [-0.3, -0.25) is 0 Å². The van der Waals surface area contributed by atoms with Crippen LogP contribution in [-0.4, -0.2) is 24.9 Å². The van der Waals surface area contributed by atoms with E-state index in [1.165, 1.54) is 0 Å². The number of hydrogen-bond donors (Lipinski definition) is 2. The Labute approximate surface area is 95.0 Å². The van der Waals surface area contributed by atoms with Crippen LogP contribution in [0.25, 0.3) is 0 Å². The van der Waals surface area contributed by atoms with Gasteiger partial charge in [0.05, 0.1) is 6.10 Å². The highest BCUT2D eigenvalue weighted by Gasteiger charge is 2.23. The number of rotatable bonds is 3. The van der Waals surface area contributed by atoms with Crippen molar-refractivity contribution in [1.29, 1.82) is 0 Å². The number of nitrogens with two attached hydrogens (primary N) is 1. The van der Waals surface area contributed by atoms with Gasteiger partial charge in [0.1, 0.15) is 13.2 Å². The first-order valence-electron chi connectivity index (χ1n) is 5.50. The summed E-state index contributed by atoms with van der Waals surface area (Å²) in [4.78, 5) is 0. The molecule has 16 heavy (non-hydrogen) atoms. The Balaban J connectivity index is 2.33. The molecule has 0 radical (unpaired) electrons. The Kier molecular flexibility index (Phi) is 3.31. The fraction of sp³-hybridized carbons (Fsp3) is 0.500. The molecule has 4 nitrogen and oxygen atoms in total. The molecule has 0 aliphatic carbocycles. The van der Waals surface area contributed by atoms with Crippen molar-refractivity contribution in [2.24, 2.45) is 11.7 Å². The molecule has 2 atom stereocenters. The first kappa shape index (κ1) is 11.2. The maximum Gasteiger partial charge on any atom is 0.167 e. The molecule has 0 bridgehead atoms. The van der Waals surface area contributed by atoms with Crippen LogP contribution in [0.15, 0.2) is 18.2 Å². The van der Waals surface area contributed by atoms with E-state index in [9.17, 15) is 5.11 Å². The van der Waals surface area contributed by atoms with Gasteiger partial charge in [-0.1, -0.05) is 19.1 Å². The Morgan fingerprint density at radius 3 is 2.88 bits per heavy atom. The van der Waals surface area contributed by atoms with Crippen molar-refractivity contribution in [1.82, 2.24) is 0 Å². The molecule has 88 valence electrons. The van der Waals surface area contributed by atoms with E-state index in [0.29, 0.717) is 31.3 Å². The minimum absolute atomic E-state index is 0.00275. The van der Waals surface area contributed by atoms with Crippen LogP contribution in [0.5, 0.6) is 11.5 Å². The molecule has 0 saturated heterocycles. The molecule has 0 spiro atoms. The van der Waals surface area contributed by atoms with Gasteiger partial charge in [0, 0.05) is 5.56 Å². The summed E-state index contributed by atoms with van der Waals surface area (Å²) in [6, 6.07) is 5.55. The number of benzene rings is 1. The lowest BCUT2D eigenvalue weighted by Crippen LogP contribution is -2.22. The highest BCUT2D eigenvalue weighted by atomic mass is 16.6. The molecule has 1 aromatic rings. The van der Waals surface area contributed by atoms with E-state index in [0.717, 1.165) is 5.56 Å². The molecule has 4 heteroatoms. The van der Waals surface area contributed by atoms with Crippen molar-refractivity contribution in [2.45, 2.75) is 13.0 Å². The molecule has 3 N–H and O–H groups in total. The van der Waals surface area contributed by atoms with E-state index in [-0.39, 0.29) is 5.92 Å². The van der Waals surface area contributed by atoms with Crippen LogP contribution in [0.2, 0.25) is 0 Å². The first-order chi connectivity index (χ1) is 7.74. The molecule has 0 fully saturated rings. The van der Waals surface area contributed by atoms with E-state index in [1.54, 1.807) is 0 Å². The Hall–Kier alpha value is -1.26. The fourth-order valence-electron chi connectivity index (χ4n) is 1.76. The molecule has 1 heterocycles. The quantitative estimate of drug-likeness (QED) is 0.805. The third-order valence-corrected chi connectivity index (χ3v) is 2.83. The highest BCUT2D eigenvalue weighted by molar-refractivity contribution is 5.48. The van der Waals surface area contributed by atoms with Crippen molar-refractivity contribution in [3.05, 3.63) is 23.8 Å². The zero-order valence-corrected chi connectivity index (χ0v) is 9.35. The molecule has 0 amide bonds. The third-order valence-electron chi connectivity index (χ3n) is 2.83. The monoisotopic (exact) mass is 223 g/mol. The van der Waals surface area contributed by atoms with Crippen LogP contribution in [0, 0.1) is 5.92 Å². The lowest BCUT2D eigenvalue weighted by molar-refractivity contribution is 0.109. The zero-order chi connectivity index (χ0) is 11.5. The van der Waals surface area contributed by atoms with Gasteiger partial charge in [0.15, 0.2) is 11.5 Å². The summed E-state index contributed by atoms with van der Waals surface area (Å²) in [5, 5.41) is 10.1. The summed E-state index contributed by atoms with van der Waals surface area (Å²) >= 11 is 0. The van der Waals surface area contributed by atoms with Gasteiger partial charge < -0.3 is 20.3 Å². The van der Waals surface area contributed by atoms with E-state index in [4.69, 9.17) is 15.2 Å². The van der Waals surface area contributed by atoms with E-state index < -0.39 is 6.10 Å². The second-order valence-electron chi connectivity index (χ2n) is 4.03. The Morgan fingerprint density at radius 1 is 1.38 bits per heavy atom. The van der Waals surface area contributed by atoms with Crippen LogP contribution in [0.4, 0.5) is 0 Å². The molecule has 0 saturated carbocycles. The summed E-state index contributed by atoms with van der Waals surface area (Å²) in [5.74, 6) is 1.35. The summed E-state index contributed by atoms with van der Waals surface area (Å²) in [6.07, 6.45) is -0.610. The van der Waals surface area contributed by atoms with Crippen LogP contribution >= 0.6 is 0 Å². The van der Waals surface area contributed by atoms with Crippen LogP contribution in [0.1, 0.15) is 18.6 Å². The van der Waals surface area contributed by atoms with E-state index in [2.05, 4.69) is 0 Å². The molecule has 2 rings (SSSR count). The zero-order valence-electron chi connectivity index (χ0n) is 9.35. The standard InChI is InChI=1S/C12H17NO3/c1-8(7-13)11(14)9-3-2-4-10-12(9)16-6-5-15-10/h2-4,8,11,14H,5-7,13H2,1H3. The number of para-hydroxylation sites is 1. The summed E-state index contributed by atoms with van der Waals surface area (Å²) < 4.78 is 11.0. The first-order valence-corrected chi connectivity index (χ1v) is 5.50. The van der Waals surface area contributed by atoms with Gasteiger partial charge in [-0.05, 0) is 18.5 Å². The number of fused-ring (bicyclic) bond motifs is 1. The molecular weight excluding hydrogens is 206 g/mol. The van der Waals surface area contributed by atoms with Crippen molar-refractivity contribution in [3.8, 4) is 11.5 Å². The smallest absolute Gasteiger partial charge is 0.167 e. The lowest BCUT2D eigenvalue weighted by Gasteiger charge is -2.25. The van der Waals surface area contributed by atoms with E-state index >= 15 is 0 Å². The number of aliphatic hydroxyl groups is 1. The highest BCUT2D eigenvalue weighted by Crippen LogP contribution is 2.38. The molecule has 1 aliphatic rings. The van der Waals surface area contributed by atoms with Crippen LogP contribution < -0.4 is 15.2 Å². The summed E-state index contributed by atoms with van der Waals surface area (Å²) in [5.41, 5.74) is 6.31. The molecular formula is C12H17NO3. The normalized spacial score (nSPS) is 17.9.